The van der Waals surface area contributed by atoms with Gasteiger partial charge in [0, 0.05) is 25.5 Å². The van der Waals surface area contributed by atoms with Crippen LogP contribution in [0.1, 0.15) is 26.3 Å². The van der Waals surface area contributed by atoms with Crippen LogP contribution in [0.2, 0.25) is 0 Å². The van der Waals surface area contributed by atoms with E-state index >= 15 is 0 Å². The number of hydrogen-bond donors (Lipinski definition) is 2. The van der Waals surface area contributed by atoms with Gasteiger partial charge < -0.3 is 15.2 Å². The van der Waals surface area contributed by atoms with E-state index in [1.807, 2.05) is 10.8 Å². The van der Waals surface area contributed by atoms with E-state index in [-0.39, 0.29) is 17.5 Å². The Labute approximate surface area is 135 Å². The number of amides is 2. The minimum absolute atomic E-state index is 0.0304. The molecule has 2 N–H and O–H groups in total. The highest BCUT2D eigenvalue weighted by Gasteiger charge is 2.26. The molecule has 2 amide bonds. The highest BCUT2D eigenvalue weighted by Crippen LogP contribution is 2.20. The minimum atomic E-state index is -0.115. The summed E-state index contributed by atoms with van der Waals surface area (Å²) in [6, 6.07) is 2.00. The molecule has 6 heteroatoms. The van der Waals surface area contributed by atoms with Crippen molar-refractivity contribution in [1.82, 2.24) is 20.2 Å². The fourth-order valence-electron chi connectivity index (χ4n) is 2.11. The third kappa shape index (κ3) is 5.18. The predicted octanol–water partition coefficient (Wildman–Crippen LogP) is 2.90. The van der Waals surface area contributed by atoms with Crippen LogP contribution in [0.4, 0.5) is 4.79 Å². The first kappa shape index (κ1) is 16.5. The summed E-state index contributed by atoms with van der Waals surface area (Å²) in [5.41, 5.74) is 1.23. The van der Waals surface area contributed by atoms with E-state index in [9.17, 15) is 4.79 Å². The first-order valence-corrected chi connectivity index (χ1v) is 8.40. The van der Waals surface area contributed by atoms with Gasteiger partial charge in [-0.1, -0.05) is 20.8 Å². The van der Waals surface area contributed by atoms with Crippen molar-refractivity contribution in [2.24, 2.45) is 5.41 Å². The lowest BCUT2D eigenvalue weighted by molar-refractivity contribution is 0.209. The van der Waals surface area contributed by atoms with Crippen LogP contribution < -0.4 is 10.6 Å². The third-order valence-electron chi connectivity index (χ3n) is 3.58. The summed E-state index contributed by atoms with van der Waals surface area (Å²) in [5.74, 6) is 0. The zero-order valence-electron chi connectivity index (χ0n) is 13.4. The van der Waals surface area contributed by atoms with Crippen molar-refractivity contribution in [2.75, 3.05) is 6.54 Å². The molecular formula is C16H24N4OS. The summed E-state index contributed by atoms with van der Waals surface area (Å²) < 4.78 is 1.99. The number of rotatable bonds is 6. The number of carbonyl (C=O) groups is 1. The molecule has 0 saturated carbocycles. The van der Waals surface area contributed by atoms with Crippen LogP contribution in [0.25, 0.3) is 0 Å². The van der Waals surface area contributed by atoms with Crippen LogP contribution in [-0.4, -0.2) is 28.2 Å². The van der Waals surface area contributed by atoms with E-state index in [0.29, 0.717) is 13.1 Å². The van der Waals surface area contributed by atoms with E-state index in [0.717, 1.165) is 6.42 Å². The van der Waals surface area contributed by atoms with E-state index in [1.165, 1.54) is 5.56 Å². The van der Waals surface area contributed by atoms with Crippen LogP contribution in [0, 0.1) is 5.41 Å². The van der Waals surface area contributed by atoms with Gasteiger partial charge in [-0.15, -0.1) is 0 Å². The number of aromatic nitrogens is 2. The molecule has 22 heavy (non-hydrogen) atoms. The van der Waals surface area contributed by atoms with Crippen molar-refractivity contribution < 1.29 is 4.79 Å². The normalized spacial score (nSPS) is 12.9. The van der Waals surface area contributed by atoms with Crippen LogP contribution >= 0.6 is 11.3 Å². The largest absolute Gasteiger partial charge is 0.338 e. The first-order valence-electron chi connectivity index (χ1n) is 7.46. The van der Waals surface area contributed by atoms with Crippen molar-refractivity contribution in [3.05, 3.63) is 41.1 Å². The van der Waals surface area contributed by atoms with Gasteiger partial charge in [0.25, 0.3) is 0 Å². The van der Waals surface area contributed by atoms with E-state index in [4.69, 9.17) is 0 Å². The smallest absolute Gasteiger partial charge is 0.315 e. The molecule has 2 aromatic heterocycles. The Morgan fingerprint density at radius 3 is 2.86 bits per heavy atom. The molecule has 1 atom stereocenters. The number of nitrogens with one attached hydrogen (secondary N) is 2. The Kier molecular flexibility index (Phi) is 5.60. The number of thiophene rings is 1. The van der Waals surface area contributed by atoms with E-state index in [1.54, 1.807) is 23.9 Å². The van der Waals surface area contributed by atoms with Gasteiger partial charge in [-0.25, -0.2) is 9.78 Å². The summed E-state index contributed by atoms with van der Waals surface area (Å²) in [4.78, 5) is 16.2. The molecule has 2 aromatic rings. The fourth-order valence-corrected chi connectivity index (χ4v) is 2.81. The summed E-state index contributed by atoms with van der Waals surface area (Å²) >= 11 is 1.68. The zero-order chi connectivity index (χ0) is 16.0. The molecule has 0 bridgehead atoms. The maximum Gasteiger partial charge on any atom is 0.315 e. The summed E-state index contributed by atoms with van der Waals surface area (Å²) in [6.45, 7) is 7.73. The summed E-state index contributed by atoms with van der Waals surface area (Å²) in [6.07, 6.45) is 6.29. The monoisotopic (exact) mass is 320 g/mol. The van der Waals surface area contributed by atoms with Gasteiger partial charge in [-0.2, -0.15) is 11.3 Å². The van der Waals surface area contributed by atoms with Gasteiger partial charge in [-0.3, -0.25) is 0 Å². The highest BCUT2D eigenvalue weighted by molar-refractivity contribution is 7.07. The van der Waals surface area contributed by atoms with E-state index in [2.05, 4.69) is 53.2 Å². The van der Waals surface area contributed by atoms with Gasteiger partial charge in [0.2, 0.25) is 0 Å². The van der Waals surface area contributed by atoms with Crippen molar-refractivity contribution in [3.8, 4) is 0 Å². The predicted molar refractivity (Wildman–Crippen MR) is 90.0 cm³/mol. The molecule has 2 rings (SSSR count). The molecule has 0 aliphatic carbocycles. The lowest BCUT2D eigenvalue weighted by atomic mass is 9.86. The molecule has 0 spiro atoms. The van der Waals surface area contributed by atoms with Crippen molar-refractivity contribution in [1.29, 1.82) is 0 Å². The molecule has 5 nitrogen and oxygen atoms in total. The van der Waals surface area contributed by atoms with E-state index < -0.39 is 0 Å². The maximum atomic E-state index is 12.1. The average Bonchev–Trinajstić information content (AvgIpc) is 3.09. The number of urea groups is 1. The van der Waals surface area contributed by atoms with Gasteiger partial charge in [0.1, 0.15) is 0 Å². The molecule has 0 radical (unpaired) electrons. The van der Waals surface area contributed by atoms with Crippen LogP contribution in [-0.2, 0) is 13.0 Å². The van der Waals surface area contributed by atoms with Gasteiger partial charge in [0.05, 0.1) is 12.4 Å². The molecule has 0 aromatic carbocycles. The highest BCUT2D eigenvalue weighted by atomic mass is 32.1. The van der Waals surface area contributed by atoms with Crippen molar-refractivity contribution >= 4 is 17.4 Å². The molecule has 120 valence electrons. The Bertz CT molecular complexity index is 557. The summed E-state index contributed by atoms with van der Waals surface area (Å²) in [5, 5.41) is 10.2. The Balaban J connectivity index is 1.82. The van der Waals surface area contributed by atoms with Gasteiger partial charge in [-0.05, 0) is 34.2 Å². The second-order valence-electron chi connectivity index (χ2n) is 6.46. The number of nitrogens with zero attached hydrogens (tertiary/aromatic N) is 2. The van der Waals surface area contributed by atoms with Crippen LogP contribution in [0.3, 0.4) is 0 Å². The zero-order valence-corrected chi connectivity index (χ0v) is 14.2. The standard InChI is InChI=1S/C16H24N4OS/c1-16(2,3)14(10-20-8-7-17-12-20)19-15(21)18-6-4-13-5-9-22-11-13/h5,7-9,11-12,14H,4,6,10H2,1-3H3,(H2,18,19,21)/t14-/m0/s1. The first-order chi connectivity index (χ1) is 10.4. The molecule has 0 saturated heterocycles. The quantitative estimate of drug-likeness (QED) is 0.860. The van der Waals surface area contributed by atoms with Crippen LogP contribution in [0.5, 0.6) is 0 Å². The number of carbonyl (C=O) groups excluding carboxylic acids is 1. The molecule has 0 aliphatic heterocycles. The molecular weight excluding hydrogens is 296 g/mol. The maximum absolute atomic E-state index is 12.1. The lowest BCUT2D eigenvalue weighted by Crippen LogP contribution is -2.50. The van der Waals surface area contributed by atoms with Crippen LogP contribution in [0.15, 0.2) is 35.5 Å². The molecule has 0 aliphatic rings. The lowest BCUT2D eigenvalue weighted by Gasteiger charge is -2.31. The Morgan fingerprint density at radius 2 is 2.27 bits per heavy atom. The SMILES string of the molecule is CC(C)(C)[C@H](Cn1ccnc1)NC(=O)NCCc1ccsc1. The minimum Gasteiger partial charge on any atom is -0.338 e. The Hall–Kier alpha value is -1.82. The van der Waals surface area contributed by atoms with Crippen molar-refractivity contribution in [3.63, 3.8) is 0 Å². The topological polar surface area (TPSA) is 59.0 Å². The Morgan fingerprint density at radius 1 is 1.45 bits per heavy atom. The van der Waals surface area contributed by atoms with Gasteiger partial charge >= 0.3 is 6.03 Å². The van der Waals surface area contributed by atoms with Gasteiger partial charge in [0.15, 0.2) is 0 Å². The second kappa shape index (κ2) is 7.45. The number of imidazole rings is 1. The molecule has 0 fully saturated rings. The number of hydrogen-bond acceptors (Lipinski definition) is 3. The molecule has 2 heterocycles. The van der Waals surface area contributed by atoms with Crippen molar-refractivity contribution in [2.45, 2.75) is 39.8 Å². The molecule has 0 unspecified atom stereocenters. The third-order valence-corrected chi connectivity index (χ3v) is 4.31. The summed E-state index contributed by atoms with van der Waals surface area (Å²) in [7, 11) is 0. The second-order valence-corrected chi connectivity index (χ2v) is 7.24. The average molecular weight is 320 g/mol. The fraction of sp³-hybridized carbons (Fsp3) is 0.500.